The number of para-hydroxylation sites is 1. The SMILES string of the molecule is Cc1noc(C)c1CC(=O)N1CCCC1c1nc2ccccc2c(=O)n1C1CCCC1. The average Bonchev–Trinajstić information content (AvgIpc) is 3.52. The van der Waals surface area contributed by atoms with Crippen molar-refractivity contribution in [1.29, 1.82) is 0 Å². The molecule has 31 heavy (non-hydrogen) atoms. The fourth-order valence-electron chi connectivity index (χ4n) is 5.25. The summed E-state index contributed by atoms with van der Waals surface area (Å²) < 4.78 is 7.16. The highest BCUT2D eigenvalue weighted by molar-refractivity contribution is 5.80. The van der Waals surface area contributed by atoms with E-state index in [1.54, 1.807) is 0 Å². The minimum Gasteiger partial charge on any atom is -0.361 e. The fourth-order valence-corrected chi connectivity index (χ4v) is 5.25. The highest BCUT2D eigenvalue weighted by atomic mass is 16.5. The Labute approximate surface area is 181 Å². The number of aromatic nitrogens is 3. The molecule has 1 unspecified atom stereocenters. The van der Waals surface area contributed by atoms with Crippen LogP contribution < -0.4 is 5.56 Å². The summed E-state index contributed by atoms with van der Waals surface area (Å²) >= 11 is 0. The van der Waals surface area contributed by atoms with Crippen LogP contribution in [0.1, 0.15) is 73.5 Å². The van der Waals surface area contributed by atoms with E-state index in [9.17, 15) is 9.59 Å². The van der Waals surface area contributed by atoms with Gasteiger partial charge < -0.3 is 9.42 Å². The van der Waals surface area contributed by atoms with Crippen molar-refractivity contribution >= 4 is 16.8 Å². The van der Waals surface area contributed by atoms with Gasteiger partial charge in [0.05, 0.1) is 29.1 Å². The number of amides is 1. The molecule has 1 atom stereocenters. The number of carbonyl (C=O) groups excluding carboxylic acids is 1. The Bertz CT molecular complexity index is 1170. The van der Waals surface area contributed by atoms with Crippen molar-refractivity contribution in [2.24, 2.45) is 0 Å². The first-order chi connectivity index (χ1) is 15.0. The van der Waals surface area contributed by atoms with Gasteiger partial charge in [-0.25, -0.2) is 4.98 Å². The molecule has 1 aliphatic carbocycles. The summed E-state index contributed by atoms with van der Waals surface area (Å²) in [6.07, 6.45) is 6.24. The van der Waals surface area contributed by atoms with Crippen LogP contribution in [0.2, 0.25) is 0 Å². The number of aryl methyl sites for hydroxylation is 2. The van der Waals surface area contributed by atoms with E-state index in [1.807, 2.05) is 47.6 Å². The topological polar surface area (TPSA) is 81.2 Å². The third-order valence-corrected chi connectivity index (χ3v) is 6.91. The Morgan fingerprint density at radius 1 is 1.13 bits per heavy atom. The van der Waals surface area contributed by atoms with Gasteiger partial charge >= 0.3 is 0 Å². The van der Waals surface area contributed by atoms with Crippen molar-refractivity contribution in [3.05, 3.63) is 57.5 Å². The molecule has 7 heteroatoms. The molecule has 7 nitrogen and oxygen atoms in total. The van der Waals surface area contributed by atoms with E-state index in [-0.39, 0.29) is 30.0 Å². The normalized spacial score (nSPS) is 19.5. The number of nitrogens with zero attached hydrogens (tertiary/aromatic N) is 4. The number of rotatable bonds is 4. The molecule has 0 bridgehead atoms. The summed E-state index contributed by atoms with van der Waals surface area (Å²) in [6.45, 7) is 4.39. The van der Waals surface area contributed by atoms with Gasteiger partial charge in [-0.2, -0.15) is 0 Å². The zero-order chi connectivity index (χ0) is 21.5. The molecule has 3 heterocycles. The number of hydrogen-bond acceptors (Lipinski definition) is 5. The summed E-state index contributed by atoms with van der Waals surface area (Å²) in [5.41, 5.74) is 2.35. The predicted octanol–water partition coefficient (Wildman–Crippen LogP) is 4.02. The molecule has 1 aromatic carbocycles. The van der Waals surface area contributed by atoms with Crippen LogP contribution in [-0.2, 0) is 11.2 Å². The summed E-state index contributed by atoms with van der Waals surface area (Å²) in [4.78, 5) is 33.7. The lowest BCUT2D eigenvalue weighted by atomic mass is 10.1. The van der Waals surface area contributed by atoms with Crippen LogP contribution in [0.5, 0.6) is 0 Å². The maximum Gasteiger partial charge on any atom is 0.261 e. The summed E-state index contributed by atoms with van der Waals surface area (Å²) in [6, 6.07) is 7.54. The van der Waals surface area contributed by atoms with Crippen molar-refractivity contribution in [3.8, 4) is 0 Å². The van der Waals surface area contributed by atoms with E-state index < -0.39 is 0 Å². The van der Waals surface area contributed by atoms with Gasteiger partial charge in [0.2, 0.25) is 5.91 Å². The molecule has 1 saturated heterocycles. The van der Waals surface area contributed by atoms with E-state index in [2.05, 4.69) is 5.16 Å². The predicted molar refractivity (Wildman–Crippen MR) is 117 cm³/mol. The number of hydrogen-bond donors (Lipinski definition) is 0. The highest BCUT2D eigenvalue weighted by Gasteiger charge is 2.36. The minimum absolute atomic E-state index is 0.0255. The van der Waals surface area contributed by atoms with Gasteiger partial charge in [-0.15, -0.1) is 0 Å². The molecule has 162 valence electrons. The zero-order valence-electron chi connectivity index (χ0n) is 18.1. The van der Waals surface area contributed by atoms with Crippen LogP contribution in [-0.4, -0.2) is 32.1 Å². The second kappa shape index (κ2) is 7.94. The van der Waals surface area contributed by atoms with Crippen LogP contribution in [0.15, 0.2) is 33.6 Å². The van der Waals surface area contributed by atoms with Gasteiger partial charge in [0.15, 0.2) is 0 Å². The maximum absolute atomic E-state index is 13.5. The van der Waals surface area contributed by atoms with Gasteiger partial charge in [0.1, 0.15) is 11.6 Å². The Kier molecular flexibility index (Phi) is 5.12. The quantitative estimate of drug-likeness (QED) is 0.637. The monoisotopic (exact) mass is 420 g/mol. The van der Waals surface area contributed by atoms with Gasteiger partial charge in [0.25, 0.3) is 5.56 Å². The molecule has 0 spiro atoms. The second-order valence-electron chi connectivity index (χ2n) is 8.83. The third-order valence-electron chi connectivity index (χ3n) is 6.91. The van der Waals surface area contributed by atoms with Crippen LogP contribution in [0.4, 0.5) is 0 Å². The Balaban J connectivity index is 1.56. The van der Waals surface area contributed by atoms with Crippen molar-refractivity contribution < 1.29 is 9.32 Å². The smallest absolute Gasteiger partial charge is 0.261 e. The van der Waals surface area contributed by atoms with Gasteiger partial charge in [-0.3, -0.25) is 14.2 Å². The Morgan fingerprint density at radius 3 is 2.65 bits per heavy atom. The lowest BCUT2D eigenvalue weighted by molar-refractivity contribution is -0.131. The van der Waals surface area contributed by atoms with Crippen LogP contribution >= 0.6 is 0 Å². The van der Waals surface area contributed by atoms with Crippen LogP contribution in [0.25, 0.3) is 10.9 Å². The highest BCUT2D eigenvalue weighted by Crippen LogP contribution is 2.36. The first-order valence-electron chi connectivity index (χ1n) is 11.3. The fraction of sp³-hybridized carbons (Fsp3) is 0.500. The van der Waals surface area contributed by atoms with Gasteiger partial charge in [-0.1, -0.05) is 30.1 Å². The molecule has 2 fully saturated rings. The van der Waals surface area contributed by atoms with E-state index in [0.717, 1.165) is 55.6 Å². The molecular weight excluding hydrogens is 392 g/mol. The molecule has 1 aliphatic heterocycles. The average molecular weight is 421 g/mol. The maximum atomic E-state index is 13.5. The molecule has 0 N–H and O–H groups in total. The molecule has 2 aliphatic rings. The third kappa shape index (κ3) is 3.46. The summed E-state index contributed by atoms with van der Waals surface area (Å²) in [5, 5.41) is 4.64. The first kappa shape index (κ1) is 20.0. The standard InChI is InChI=1S/C24H28N4O3/c1-15-19(16(2)31-26-15)14-22(29)27-13-7-12-21(27)23-25-20-11-6-5-10-18(20)24(30)28(23)17-8-3-4-9-17/h5-6,10-11,17,21H,3-4,7-9,12-14H2,1-2H3. The van der Waals surface area contributed by atoms with E-state index in [1.165, 1.54) is 0 Å². The number of likely N-dealkylation sites (tertiary alicyclic amines) is 1. The Morgan fingerprint density at radius 2 is 1.90 bits per heavy atom. The molecule has 1 amide bonds. The summed E-state index contributed by atoms with van der Waals surface area (Å²) in [5.74, 6) is 1.48. The molecule has 3 aromatic rings. The number of fused-ring (bicyclic) bond motifs is 1. The van der Waals surface area contributed by atoms with Crippen molar-refractivity contribution in [2.45, 2.75) is 70.9 Å². The van der Waals surface area contributed by atoms with Gasteiger partial charge in [-0.05, 0) is 51.7 Å². The van der Waals surface area contributed by atoms with Crippen molar-refractivity contribution in [3.63, 3.8) is 0 Å². The van der Waals surface area contributed by atoms with E-state index in [0.29, 0.717) is 23.2 Å². The Hall–Kier alpha value is -2.96. The molecule has 2 aromatic heterocycles. The molecule has 5 rings (SSSR count). The number of carbonyl (C=O) groups is 1. The van der Waals surface area contributed by atoms with Crippen molar-refractivity contribution in [2.75, 3.05) is 6.54 Å². The lowest BCUT2D eigenvalue weighted by Crippen LogP contribution is -2.37. The first-order valence-corrected chi connectivity index (χ1v) is 11.3. The molecular formula is C24H28N4O3. The van der Waals surface area contributed by atoms with E-state index >= 15 is 0 Å². The summed E-state index contributed by atoms with van der Waals surface area (Å²) in [7, 11) is 0. The van der Waals surface area contributed by atoms with Gasteiger partial charge in [0, 0.05) is 18.2 Å². The minimum atomic E-state index is -0.175. The lowest BCUT2D eigenvalue weighted by Gasteiger charge is -2.28. The van der Waals surface area contributed by atoms with E-state index in [4.69, 9.17) is 9.51 Å². The van der Waals surface area contributed by atoms with Crippen LogP contribution in [0, 0.1) is 13.8 Å². The second-order valence-corrected chi connectivity index (χ2v) is 8.83. The molecule has 0 radical (unpaired) electrons. The molecule has 1 saturated carbocycles. The van der Waals surface area contributed by atoms with Crippen LogP contribution in [0.3, 0.4) is 0 Å². The number of benzene rings is 1. The zero-order valence-corrected chi connectivity index (χ0v) is 18.1. The largest absolute Gasteiger partial charge is 0.361 e. The van der Waals surface area contributed by atoms with Crippen molar-refractivity contribution in [1.82, 2.24) is 19.6 Å².